The number of amides is 2. The Morgan fingerprint density at radius 2 is 1.77 bits per heavy atom. The Morgan fingerprint density at radius 3 is 2.35 bits per heavy atom. The van der Waals surface area contributed by atoms with Gasteiger partial charge in [0, 0.05) is 11.3 Å². The Labute approximate surface area is 159 Å². The first-order chi connectivity index (χ1) is 11.9. The molecule has 0 aliphatic heterocycles. The summed E-state index contributed by atoms with van der Waals surface area (Å²) < 4.78 is 5.69. The highest BCUT2D eigenvalue weighted by molar-refractivity contribution is 5.95. The molecule has 2 atom stereocenters. The minimum absolute atomic E-state index is 0. The van der Waals surface area contributed by atoms with E-state index in [9.17, 15) is 9.59 Å². The third-order valence-corrected chi connectivity index (χ3v) is 4.04. The Balaban J connectivity index is 0.00000338. The summed E-state index contributed by atoms with van der Waals surface area (Å²) >= 11 is 0. The van der Waals surface area contributed by atoms with Crippen molar-refractivity contribution >= 4 is 29.9 Å². The van der Waals surface area contributed by atoms with Crippen LogP contribution in [0.25, 0.3) is 0 Å². The van der Waals surface area contributed by atoms with E-state index >= 15 is 0 Å². The smallest absolute Gasteiger partial charge is 0.248 e. The normalized spacial score (nSPS) is 12.4. The number of halogens is 1. The standard InChI is InChI=1S/C19H23N3O3.ClH/c1-3-12(2)17(20)19(24)22-14-7-9-15(10-8-14)25-16-6-4-5-13(11-16)18(21)23;/h4-12,17H,3,20H2,1-2H3,(H2,21,23)(H,22,24);1H. The van der Waals surface area contributed by atoms with Crippen LogP contribution in [0, 0.1) is 5.92 Å². The van der Waals surface area contributed by atoms with Crippen molar-refractivity contribution in [1.82, 2.24) is 0 Å². The zero-order chi connectivity index (χ0) is 18.4. The van der Waals surface area contributed by atoms with E-state index in [0.717, 1.165) is 6.42 Å². The minimum Gasteiger partial charge on any atom is -0.457 e. The highest BCUT2D eigenvalue weighted by Crippen LogP contribution is 2.24. The predicted molar refractivity (Wildman–Crippen MR) is 105 cm³/mol. The monoisotopic (exact) mass is 377 g/mol. The summed E-state index contributed by atoms with van der Waals surface area (Å²) in [5.74, 6) is 0.469. The van der Waals surface area contributed by atoms with Crippen molar-refractivity contribution in [2.75, 3.05) is 5.32 Å². The van der Waals surface area contributed by atoms with Gasteiger partial charge in [-0.05, 0) is 48.4 Å². The first kappa shape index (κ1) is 21.5. The molecule has 5 N–H and O–H groups in total. The summed E-state index contributed by atoms with van der Waals surface area (Å²) in [5.41, 5.74) is 12.2. The summed E-state index contributed by atoms with van der Waals surface area (Å²) in [7, 11) is 0. The van der Waals surface area contributed by atoms with Gasteiger partial charge < -0.3 is 21.5 Å². The summed E-state index contributed by atoms with van der Waals surface area (Å²) in [6.07, 6.45) is 0.839. The van der Waals surface area contributed by atoms with E-state index in [-0.39, 0.29) is 24.2 Å². The molecule has 0 aliphatic carbocycles. The van der Waals surface area contributed by atoms with Crippen molar-refractivity contribution < 1.29 is 14.3 Å². The van der Waals surface area contributed by atoms with Crippen LogP contribution < -0.4 is 21.5 Å². The maximum absolute atomic E-state index is 12.1. The number of ether oxygens (including phenoxy) is 1. The van der Waals surface area contributed by atoms with E-state index in [0.29, 0.717) is 22.7 Å². The lowest BCUT2D eigenvalue weighted by molar-refractivity contribution is -0.118. The maximum Gasteiger partial charge on any atom is 0.248 e. The van der Waals surface area contributed by atoms with Crippen molar-refractivity contribution in [3.63, 3.8) is 0 Å². The summed E-state index contributed by atoms with van der Waals surface area (Å²) in [6.45, 7) is 3.94. The maximum atomic E-state index is 12.1. The van der Waals surface area contributed by atoms with Gasteiger partial charge in [-0.3, -0.25) is 9.59 Å². The number of nitrogens with one attached hydrogen (secondary N) is 1. The Hall–Kier alpha value is -2.57. The highest BCUT2D eigenvalue weighted by Gasteiger charge is 2.19. The van der Waals surface area contributed by atoms with Crippen molar-refractivity contribution in [2.45, 2.75) is 26.3 Å². The van der Waals surface area contributed by atoms with Crippen LogP contribution in [0.4, 0.5) is 5.69 Å². The number of benzene rings is 2. The molecule has 7 heteroatoms. The van der Waals surface area contributed by atoms with E-state index < -0.39 is 11.9 Å². The number of rotatable bonds is 7. The average molecular weight is 378 g/mol. The fraction of sp³-hybridized carbons (Fsp3) is 0.263. The van der Waals surface area contributed by atoms with E-state index in [2.05, 4.69) is 5.32 Å². The molecule has 2 aromatic rings. The Morgan fingerprint density at radius 1 is 1.12 bits per heavy atom. The van der Waals surface area contributed by atoms with Crippen LogP contribution in [0.15, 0.2) is 48.5 Å². The van der Waals surface area contributed by atoms with Crippen LogP contribution in [-0.2, 0) is 4.79 Å². The third kappa shape index (κ3) is 5.75. The molecule has 0 aromatic heterocycles. The number of hydrogen-bond donors (Lipinski definition) is 3. The lowest BCUT2D eigenvalue weighted by atomic mass is 9.99. The molecule has 0 bridgehead atoms. The van der Waals surface area contributed by atoms with Crippen molar-refractivity contribution in [3.8, 4) is 11.5 Å². The number of carbonyl (C=O) groups excluding carboxylic acids is 2. The fourth-order valence-electron chi connectivity index (χ4n) is 2.19. The molecule has 0 spiro atoms. The Kier molecular flexibility index (Phi) is 8.09. The molecule has 0 aliphatic rings. The van der Waals surface area contributed by atoms with Gasteiger partial charge in [0.1, 0.15) is 11.5 Å². The zero-order valence-corrected chi connectivity index (χ0v) is 15.6. The van der Waals surface area contributed by atoms with Crippen LogP contribution in [0.2, 0.25) is 0 Å². The molecule has 0 saturated heterocycles. The first-order valence-electron chi connectivity index (χ1n) is 8.15. The largest absolute Gasteiger partial charge is 0.457 e. The van der Waals surface area contributed by atoms with Gasteiger partial charge in [0.2, 0.25) is 11.8 Å². The molecule has 0 fully saturated rings. The average Bonchev–Trinajstić information content (AvgIpc) is 2.62. The number of carbonyl (C=O) groups is 2. The number of anilines is 1. The molecular weight excluding hydrogens is 354 g/mol. The van der Waals surface area contributed by atoms with Gasteiger partial charge in [-0.15, -0.1) is 12.4 Å². The molecule has 140 valence electrons. The Bertz CT molecular complexity index is 750. The summed E-state index contributed by atoms with van der Waals surface area (Å²) in [6, 6.07) is 13.0. The SMILES string of the molecule is CCC(C)C(N)C(=O)Nc1ccc(Oc2cccc(C(N)=O)c2)cc1.Cl. The van der Waals surface area contributed by atoms with Crippen molar-refractivity contribution in [1.29, 1.82) is 0 Å². The van der Waals surface area contributed by atoms with E-state index in [1.165, 1.54) is 0 Å². The number of primary amides is 1. The zero-order valence-electron chi connectivity index (χ0n) is 14.8. The van der Waals surface area contributed by atoms with Crippen LogP contribution in [-0.4, -0.2) is 17.9 Å². The molecule has 2 unspecified atom stereocenters. The highest BCUT2D eigenvalue weighted by atomic mass is 35.5. The van der Waals surface area contributed by atoms with Gasteiger partial charge in [0.05, 0.1) is 6.04 Å². The van der Waals surface area contributed by atoms with Crippen LogP contribution >= 0.6 is 12.4 Å². The topological polar surface area (TPSA) is 107 Å². The third-order valence-electron chi connectivity index (χ3n) is 4.04. The quantitative estimate of drug-likeness (QED) is 0.687. The molecule has 6 nitrogen and oxygen atoms in total. The van der Waals surface area contributed by atoms with Gasteiger partial charge in [-0.1, -0.05) is 26.3 Å². The molecule has 2 amide bonds. The second-order valence-electron chi connectivity index (χ2n) is 5.92. The second kappa shape index (κ2) is 9.79. The van der Waals surface area contributed by atoms with Gasteiger partial charge in [-0.25, -0.2) is 0 Å². The van der Waals surface area contributed by atoms with Crippen LogP contribution in [0.5, 0.6) is 11.5 Å². The molecule has 2 rings (SSSR count). The van der Waals surface area contributed by atoms with Gasteiger partial charge >= 0.3 is 0 Å². The molecule has 0 saturated carbocycles. The summed E-state index contributed by atoms with van der Waals surface area (Å²) in [5, 5.41) is 2.79. The molecule has 0 heterocycles. The van der Waals surface area contributed by atoms with Gasteiger partial charge in [0.15, 0.2) is 0 Å². The van der Waals surface area contributed by atoms with E-state index in [1.807, 2.05) is 13.8 Å². The van der Waals surface area contributed by atoms with Gasteiger partial charge in [-0.2, -0.15) is 0 Å². The molecule has 26 heavy (non-hydrogen) atoms. The van der Waals surface area contributed by atoms with Gasteiger partial charge in [0.25, 0.3) is 0 Å². The first-order valence-corrected chi connectivity index (χ1v) is 8.15. The molecule has 2 aromatic carbocycles. The molecule has 0 radical (unpaired) electrons. The lowest BCUT2D eigenvalue weighted by Gasteiger charge is -2.17. The molecular formula is C19H24ClN3O3. The van der Waals surface area contributed by atoms with Crippen molar-refractivity contribution in [3.05, 3.63) is 54.1 Å². The minimum atomic E-state index is -0.544. The fourth-order valence-corrected chi connectivity index (χ4v) is 2.19. The number of hydrogen-bond acceptors (Lipinski definition) is 4. The summed E-state index contributed by atoms with van der Waals surface area (Å²) in [4.78, 5) is 23.3. The van der Waals surface area contributed by atoms with E-state index in [4.69, 9.17) is 16.2 Å². The second-order valence-corrected chi connectivity index (χ2v) is 5.92. The lowest BCUT2D eigenvalue weighted by Crippen LogP contribution is -2.40. The number of nitrogens with two attached hydrogens (primary N) is 2. The van der Waals surface area contributed by atoms with Crippen LogP contribution in [0.1, 0.15) is 30.6 Å². The predicted octanol–water partition coefficient (Wildman–Crippen LogP) is 3.31. The van der Waals surface area contributed by atoms with E-state index in [1.54, 1.807) is 48.5 Å². The van der Waals surface area contributed by atoms with Crippen LogP contribution in [0.3, 0.4) is 0 Å². The van der Waals surface area contributed by atoms with Crippen molar-refractivity contribution in [2.24, 2.45) is 17.4 Å².